The van der Waals surface area contributed by atoms with E-state index < -0.39 is 5.97 Å². The number of amides is 2. The smallest absolute Gasteiger partial charge is 0.341 e. The van der Waals surface area contributed by atoms with E-state index in [9.17, 15) is 28.8 Å². The van der Waals surface area contributed by atoms with Crippen molar-refractivity contribution >= 4 is 163 Å². The molecule has 0 radical (unpaired) electrons. The highest BCUT2D eigenvalue weighted by Gasteiger charge is 2.33. The van der Waals surface area contributed by atoms with Gasteiger partial charge in [-0.25, -0.2) is 44.2 Å². The number of rotatable bonds is 23. The maximum atomic E-state index is 12.4. The van der Waals surface area contributed by atoms with Gasteiger partial charge in [0.25, 0.3) is 0 Å². The summed E-state index contributed by atoms with van der Waals surface area (Å²) >= 11 is 26.5. The van der Waals surface area contributed by atoms with Crippen LogP contribution in [0.1, 0.15) is 106 Å². The van der Waals surface area contributed by atoms with Crippen molar-refractivity contribution in [2.75, 3.05) is 67.3 Å². The number of aromatic amines is 1. The van der Waals surface area contributed by atoms with Crippen molar-refractivity contribution in [1.82, 2.24) is 84.2 Å². The Labute approximate surface area is 738 Å². The molecule has 4 fully saturated rings. The molecule has 0 spiro atoms. The number of anilines is 8. The summed E-state index contributed by atoms with van der Waals surface area (Å²) in [6, 6.07) is 23.6. The predicted molar refractivity (Wildman–Crippen MR) is 473 cm³/mol. The average molecular weight is 1910 g/mol. The average Bonchev–Trinajstić information content (AvgIpc) is 1.72. The maximum Gasteiger partial charge on any atom is 0.341 e. The number of H-pyrrole nitrogens is 1. The summed E-state index contributed by atoms with van der Waals surface area (Å²) in [7, 11) is 10.2. The Hall–Kier alpha value is -11.8. The number of nitrogens with one attached hydrogen (secondary N) is 5. The number of hydrogen-bond acceptors (Lipinski definition) is 27. The molecule has 0 atom stereocenters. The van der Waals surface area contributed by atoms with Crippen molar-refractivity contribution in [1.29, 1.82) is 0 Å². The van der Waals surface area contributed by atoms with Crippen LogP contribution in [0.15, 0.2) is 161 Å². The summed E-state index contributed by atoms with van der Waals surface area (Å²) < 4.78 is 35.1. The van der Waals surface area contributed by atoms with Gasteiger partial charge in [-0.1, -0.05) is 56.3 Å². The Morgan fingerprint density at radius 2 is 0.975 bits per heavy atom. The molecule has 16 rings (SSSR count). The molecule has 40 heteroatoms. The highest BCUT2D eigenvalue weighted by atomic mass is 79.9. The molecule has 638 valence electrons. The van der Waals surface area contributed by atoms with E-state index in [2.05, 4.69) is 139 Å². The molecule has 0 bridgehead atoms. The molecule has 4 saturated carbocycles. The number of ether oxygens (including phenoxy) is 5. The number of Topliss-reactive ketones (excluding diaryl/α,β-unsaturated/α-hetero) is 1. The fourth-order valence-corrected chi connectivity index (χ4v) is 11.9. The van der Waals surface area contributed by atoms with E-state index in [0.29, 0.717) is 121 Å². The number of aryl methyl sites for hydroxylation is 3. The van der Waals surface area contributed by atoms with Gasteiger partial charge in [0.05, 0.1) is 133 Å². The number of esters is 2. The summed E-state index contributed by atoms with van der Waals surface area (Å²) in [4.78, 5) is 98.2. The van der Waals surface area contributed by atoms with Crippen molar-refractivity contribution in [2.45, 2.75) is 86.5 Å². The Morgan fingerprint density at radius 3 is 1.40 bits per heavy atom. The summed E-state index contributed by atoms with van der Waals surface area (Å²) in [6.07, 6.45) is 25.4. The molecule has 3 aromatic carbocycles. The lowest BCUT2D eigenvalue weighted by atomic mass is 10.1. The largest absolute Gasteiger partial charge is 0.494 e. The van der Waals surface area contributed by atoms with Crippen molar-refractivity contribution in [3.8, 4) is 57.1 Å². The number of para-hydroxylation sites is 3. The fraction of sp³-hybridized carbons (Fsp3) is 0.309. The van der Waals surface area contributed by atoms with E-state index in [-0.39, 0.29) is 68.0 Å². The number of carbonyl (C=O) groups excluding carboxylic acids is 6. The molecule has 9 N–H and O–H groups in total. The van der Waals surface area contributed by atoms with Crippen LogP contribution in [0.25, 0.3) is 39.9 Å². The molecular weight excluding hydrogens is 1820 g/mol. The van der Waals surface area contributed by atoms with Crippen LogP contribution in [0.4, 0.5) is 45.9 Å². The Balaban J connectivity index is 0.000000190. The number of nitrogens with two attached hydrogens (primary N) is 2. The number of benzene rings is 3. The SMILES string of the molecule is C.C.CCOC(=O)c1cn[nH]c1.CCOC(=O)c1cnn(-c2cnc(NC(=O)C3CC3)cc2Nc2cccc(-c3ncn(C)n3)c2OC)c1.COc1c(N)cccc1-c1ncn(C)n1.COc1c(Nc2cc(NC(=O)C3CC3)ncc2Br)cccc1-c1ncn(C)n1.Nc1cc(Cl)c(Br)cn1.O=C(Cc1cc(Cl)c(Br)cn1)C1CC1.O=C(Cl)C1CC1. The van der Waals surface area contributed by atoms with Gasteiger partial charge in [0.1, 0.15) is 47.9 Å². The molecular formula is C81H91Br3Cl3N23O11. The maximum absolute atomic E-state index is 12.4. The first-order chi connectivity index (χ1) is 57.2. The van der Waals surface area contributed by atoms with Gasteiger partial charge >= 0.3 is 11.9 Å². The first kappa shape index (κ1) is 94.7. The number of methoxy groups -OCH3 is 3. The third kappa shape index (κ3) is 27.9. The van der Waals surface area contributed by atoms with Gasteiger partial charge in [-0.2, -0.15) is 25.5 Å². The lowest BCUT2D eigenvalue weighted by molar-refractivity contribution is -0.120. The van der Waals surface area contributed by atoms with E-state index in [0.717, 1.165) is 93.0 Å². The minimum atomic E-state index is -0.471. The van der Waals surface area contributed by atoms with Gasteiger partial charge in [-0.15, -0.1) is 0 Å². The van der Waals surface area contributed by atoms with Crippen LogP contribution in [0.5, 0.6) is 17.2 Å². The van der Waals surface area contributed by atoms with Gasteiger partial charge in [0, 0.05) is 106 Å². The zero-order valence-electron chi connectivity index (χ0n) is 65.5. The lowest BCUT2D eigenvalue weighted by Gasteiger charge is -2.17. The topological polar surface area (TPSA) is 439 Å². The molecule has 4 aliphatic rings. The lowest BCUT2D eigenvalue weighted by Crippen LogP contribution is -2.15. The van der Waals surface area contributed by atoms with Crippen molar-refractivity contribution < 1.29 is 52.5 Å². The second-order valence-electron chi connectivity index (χ2n) is 26.5. The van der Waals surface area contributed by atoms with Gasteiger partial charge in [-0.3, -0.25) is 43.3 Å². The van der Waals surface area contributed by atoms with Crippen molar-refractivity contribution in [3.05, 3.63) is 188 Å². The third-order valence-corrected chi connectivity index (χ3v) is 20.5. The zero-order chi connectivity index (χ0) is 85.4. The van der Waals surface area contributed by atoms with Crippen LogP contribution in [0, 0.1) is 23.7 Å². The number of carbonyl (C=O) groups is 6. The summed E-state index contributed by atoms with van der Waals surface area (Å²) in [5.41, 5.74) is 18.8. The number of aromatic nitrogens is 17. The monoisotopic (exact) mass is 1900 g/mol. The Morgan fingerprint density at radius 1 is 0.521 bits per heavy atom. The first-order valence-corrected chi connectivity index (χ1v) is 40.4. The summed E-state index contributed by atoms with van der Waals surface area (Å²) in [5.74, 6) is 4.91. The van der Waals surface area contributed by atoms with E-state index in [1.165, 1.54) is 23.3 Å². The second-order valence-corrected chi connectivity index (χ2v) is 30.3. The second kappa shape index (κ2) is 45.6. The van der Waals surface area contributed by atoms with Crippen LogP contribution in [-0.4, -0.2) is 154 Å². The molecule has 2 amide bonds. The molecule has 12 aromatic rings. The van der Waals surface area contributed by atoms with Crippen LogP contribution < -0.4 is 46.9 Å². The molecule has 9 heterocycles. The number of pyridine rings is 4. The standard InChI is InChI=1S/C25H26N8O4.C19H19BrN6O2.C10H9BrClNO.C10H12N4O.C6H8N2O2.C5H4BrClN2.C4H5ClO.2CH4/c1-4-37-25(35)16-11-28-33(13-16)20-12-26-21(30-24(34)15-8-9-15)10-19(20)29-18-7-5-6-17(22(18)36-3)23-27-14-32(2)31-23;1-26-10-22-18(25-26)12-4-3-5-14(17(12)28-2)23-15-8-16(21-9-13(15)20)24-19(27)11-6-7-11;11-8-5-13-7(3-9(8)12)4-10(14)6-1-2-6;1-14-6-12-10(13-14)7-4-3-5-8(11)9(7)15-2;1-2-10-6(9)5-3-7-8-4-5;6-3-2-9-5(8)1-4(3)7;5-4(6)3-1-2-3;;/h5-7,10-15H,4,8-9H2,1-3H3,(H2,26,29,30,34);3-5,8-11H,6-7H2,1-2H3,(H2,21,23,24,27);3,5-6H,1-2,4H2;3-6H,11H2,1-2H3;3-4H,2H2,1H3,(H,7,8);1-2H,(H2,8,9);3H,1-2H2;2*1H4. The minimum Gasteiger partial charge on any atom is -0.494 e. The fourth-order valence-electron chi connectivity index (χ4n) is 10.6. The van der Waals surface area contributed by atoms with Gasteiger partial charge < -0.3 is 56.4 Å². The van der Waals surface area contributed by atoms with Gasteiger partial charge in [0.15, 0.2) is 34.7 Å². The molecule has 4 aliphatic carbocycles. The Bertz CT molecular complexity index is 5520. The minimum absolute atomic E-state index is 0. The number of halogens is 6. The number of nitrogens with zero attached hydrogens (tertiary/aromatic N) is 16. The highest BCUT2D eigenvalue weighted by Crippen LogP contribution is 2.42. The molecule has 34 nitrogen and oxygen atoms in total. The van der Waals surface area contributed by atoms with Crippen LogP contribution in [0.3, 0.4) is 0 Å². The highest BCUT2D eigenvalue weighted by molar-refractivity contribution is 9.11. The predicted octanol–water partition coefficient (Wildman–Crippen LogP) is 16.3. The summed E-state index contributed by atoms with van der Waals surface area (Å²) in [6.45, 7) is 4.15. The first-order valence-electron chi connectivity index (χ1n) is 36.9. The van der Waals surface area contributed by atoms with E-state index >= 15 is 0 Å². The van der Waals surface area contributed by atoms with Crippen LogP contribution >= 0.6 is 82.6 Å². The van der Waals surface area contributed by atoms with Crippen LogP contribution in [-0.2, 0) is 56.2 Å². The third-order valence-electron chi connectivity index (χ3n) is 17.2. The number of ketones is 1. The quantitative estimate of drug-likeness (QED) is 0.0178. The zero-order valence-corrected chi connectivity index (χ0v) is 72.5. The van der Waals surface area contributed by atoms with Gasteiger partial charge in [-0.05, 0) is 167 Å². The van der Waals surface area contributed by atoms with E-state index in [4.69, 9.17) is 65.2 Å². The molecule has 9 aromatic heterocycles. The van der Waals surface area contributed by atoms with E-state index in [1.54, 1.807) is 137 Å². The van der Waals surface area contributed by atoms with Gasteiger partial charge in [0.2, 0.25) is 17.1 Å². The molecule has 0 saturated heterocycles. The Kier molecular flexibility index (Phi) is 35.7. The number of hydrogen-bond donors (Lipinski definition) is 7. The van der Waals surface area contributed by atoms with Crippen molar-refractivity contribution in [3.63, 3.8) is 0 Å². The normalized spacial score (nSPS) is 12.5. The van der Waals surface area contributed by atoms with Crippen molar-refractivity contribution in [2.24, 2.45) is 44.8 Å². The molecule has 0 aliphatic heterocycles. The van der Waals surface area contributed by atoms with Crippen LogP contribution in [0.2, 0.25) is 10.0 Å². The van der Waals surface area contributed by atoms with E-state index in [1.807, 2.05) is 62.6 Å². The summed E-state index contributed by atoms with van der Waals surface area (Å²) in [5, 5.41) is 36.9. The molecule has 0 unspecified atom stereocenters. The number of nitrogen functional groups attached to an aromatic ring is 2. The molecule has 121 heavy (non-hydrogen) atoms.